The smallest absolute Gasteiger partial charge is 0.417 e. The second kappa shape index (κ2) is 14.4. The number of piperidine rings is 1. The van der Waals surface area contributed by atoms with Crippen LogP contribution >= 0.6 is 12.2 Å². The lowest BCUT2D eigenvalue weighted by Crippen LogP contribution is -2.49. The molecule has 3 fully saturated rings. The van der Waals surface area contributed by atoms with Crippen molar-refractivity contribution < 1.29 is 32.3 Å². The molecular weight excluding hydrogens is 722 g/mol. The van der Waals surface area contributed by atoms with E-state index in [0.717, 1.165) is 66.8 Å². The second-order valence-electron chi connectivity index (χ2n) is 14.0. The molecule has 4 aromatic rings. The maximum absolute atomic E-state index is 13.7. The Balaban J connectivity index is 0.916. The summed E-state index contributed by atoms with van der Waals surface area (Å²) in [6, 6.07) is 13.6. The predicted molar refractivity (Wildman–Crippen MR) is 199 cm³/mol. The van der Waals surface area contributed by atoms with Crippen molar-refractivity contribution in [1.82, 2.24) is 19.8 Å². The van der Waals surface area contributed by atoms with Crippen LogP contribution < -0.4 is 24.8 Å². The number of alkyl halides is 3. The number of likely N-dealkylation sites (tertiary alicyclic amines) is 1. The van der Waals surface area contributed by atoms with Gasteiger partial charge in [-0.25, -0.2) is 4.79 Å². The van der Waals surface area contributed by atoms with E-state index in [0.29, 0.717) is 36.3 Å². The third kappa shape index (κ3) is 6.85. The number of amides is 4. The van der Waals surface area contributed by atoms with Crippen LogP contribution in [0.4, 0.5) is 35.0 Å². The molecule has 3 saturated heterocycles. The Kier molecular flexibility index (Phi) is 9.79. The molecular formula is C38H37F3N8O4S. The zero-order chi connectivity index (χ0) is 38.4. The molecule has 2 aromatic carbocycles. The molecule has 0 bridgehead atoms. The molecule has 7 rings (SSSR count). The van der Waals surface area contributed by atoms with E-state index < -0.39 is 34.8 Å². The van der Waals surface area contributed by atoms with E-state index >= 15 is 0 Å². The van der Waals surface area contributed by atoms with Crippen LogP contribution in [0.25, 0.3) is 10.9 Å². The minimum absolute atomic E-state index is 0.0249. The number of fused-ring (bicyclic) bond motifs is 1. The van der Waals surface area contributed by atoms with Gasteiger partial charge in [0.15, 0.2) is 5.11 Å². The third-order valence-electron chi connectivity index (χ3n) is 10.3. The van der Waals surface area contributed by atoms with Gasteiger partial charge < -0.3 is 19.1 Å². The molecule has 0 radical (unpaired) electrons. The minimum Gasteiger partial charge on any atom is -0.494 e. The molecule has 1 N–H and O–H groups in total. The Hall–Kier alpha value is -5.53. The molecule has 0 spiro atoms. The number of nitrogens with zero attached hydrogens (tertiary/aromatic N) is 7. The first-order chi connectivity index (χ1) is 25.8. The predicted octanol–water partition coefficient (Wildman–Crippen LogP) is 6.40. The molecule has 0 atom stereocenters. The summed E-state index contributed by atoms with van der Waals surface area (Å²) in [5.41, 5.74) is -0.697. The average Bonchev–Trinajstić information content (AvgIpc) is 3.65. The zero-order valence-corrected chi connectivity index (χ0v) is 30.4. The van der Waals surface area contributed by atoms with E-state index in [1.807, 2.05) is 12.3 Å². The lowest BCUT2D eigenvalue weighted by molar-refractivity contribution is -0.137. The molecule has 4 amide bonds. The van der Waals surface area contributed by atoms with Crippen molar-refractivity contribution in [2.45, 2.75) is 57.3 Å². The standard InChI is InChI=1S/C38H37F3N8O4S/c1-37(2)34(51)48(27-5-4-24(21-42)30(20-27)38(39,40)41)36(54)49(37)26-6-8-28(9-7-26)53-19-3-14-45-15-10-25(11-16-45)46-17-12-29-31(46)22-43-23-32(29)47-18-13-33(50)44-35(47)52/h4-9,12,17,20,22-23,25H,3,10-11,13-16,18-19H2,1-2H3,(H,44,50,52). The topological polar surface area (TPSA) is 127 Å². The largest absolute Gasteiger partial charge is 0.494 e. The molecule has 3 aliphatic rings. The first-order valence-corrected chi connectivity index (χ1v) is 18.0. The SMILES string of the molecule is CC1(C)C(=O)N(c2ccc(C#N)c(C(F)(F)F)c2)C(=S)N1c1ccc(OCCCN2CCC(n3ccc4c(N5CCC(=O)NC5=O)cncc43)CC2)cc1. The first-order valence-electron chi connectivity index (χ1n) is 17.6. The Bertz CT molecular complexity index is 2170. The fraction of sp³-hybridized carbons (Fsp3) is 0.368. The van der Waals surface area contributed by atoms with E-state index in [2.05, 4.69) is 26.0 Å². The molecule has 280 valence electrons. The number of pyridine rings is 1. The molecule has 0 aliphatic carbocycles. The number of anilines is 3. The molecule has 0 saturated carbocycles. The number of ether oxygens (including phenoxy) is 1. The summed E-state index contributed by atoms with van der Waals surface area (Å²) in [5, 5.41) is 12.5. The molecule has 54 heavy (non-hydrogen) atoms. The summed E-state index contributed by atoms with van der Waals surface area (Å²) >= 11 is 5.64. The van der Waals surface area contributed by atoms with Crippen LogP contribution in [-0.2, 0) is 15.8 Å². The Morgan fingerprint density at radius 3 is 2.43 bits per heavy atom. The molecule has 16 heteroatoms. The van der Waals surface area contributed by atoms with E-state index in [1.54, 1.807) is 60.2 Å². The van der Waals surface area contributed by atoms with E-state index in [1.165, 1.54) is 6.07 Å². The zero-order valence-electron chi connectivity index (χ0n) is 29.6. The fourth-order valence-electron chi connectivity index (χ4n) is 7.44. The normalized spacial score (nSPS) is 18.4. The number of nitriles is 1. The number of thiocarbonyl (C=S) groups is 1. The summed E-state index contributed by atoms with van der Waals surface area (Å²) < 4.78 is 49.3. The van der Waals surface area contributed by atoms with Crippen molar-refractivity contribution in [1.29, 1.82) is 5.26 Å². The molecule has 0 unspecified atom stereocenters. The first kappa shape index (κ1) is 36.8. The quantitative estimate of drug-likeness (QED) is 0.153. The van der Waals surface area contributed by atoms with Crippen molar-refractivity contribution in [3.8, 4) is 11.8 Å². The van der Waals surface area contributed by atoms with Gasteiger partial charge in [0.1, 0.15) is 11.3 Å². The van der Waals surface area contributed by atoms with Crippen LogP contribution in [0.1, 0.15) is 56.7 Å². The lowest BCUT2D eigenvalue weighted by atomic mass is 10.0. The van der Waals surface area contributed by atoms with Crippen LogP contribution in [0.15, 0.2) is 67.1 Å². The summed E-state index contributed by atoms with van der Waals surface area (Å²) in [6.07, 6.45) is 3.73. The van der Waals surface area contributed by atoms with Crippen LogP contribution in [0.5, 0.6) is 5.75 Å². The Labute approximate surface area is 314 Å². The highest BCUT2D eigenvalue weighted by atomic mass is 32.1. The van der Waals surface area contributed by atoms with Gasteiger partial charge in [-0.15, -0.1) is 0 Å². The number of rotatable bonds is 9. The van der Waals surface area contributed by atoms with Gasteiger partial charge in [-0.05, 0) is 93.9 Å². The van der Waals surface area contributed by atoms with Crippen molar-refractivity contribution in [2.24, 2.45) is 0 Å². The fourth-order valence-corrected chi connectivity index (χ4v) is 7.96. The highest BCUT2D eigenvalue weighted by molar-refractivity contribution is 7.81. The summed E-state index contributed by atoms with van der Waals surface area (Å²) in [7, 11) is 0. The summed E-state index contributed by atoms with van der Waals surface area (Å²) in [6.45, 7) is 6.82. The number of carbonyl (C=O) groups excluding carboxylic acids is 3. The Morgan fingerprint density at radius 1 is 1.02 bits per heavy atom. The molecule has 2 aromatic heterocycles. The number of carbonyl (C=O) groups is 3. The van der Waals surface area contributed by atoms with Crippen molar-refractivity contribution in [3.05, 3.63) is 78.2 Å². The van der Waals surface area contributed by atoms with Crippen molar-refractivity contribution in [3.63, 3.8) is 0 Å². The van der Waals surface area contributed by atoms with Crippen LogP contribution in [0, 0.1) is 11.3 Å². The minimum atomic E-state index is -4.78. The number of imide groups is 1. The number of halogens is 3. The van der Waals surface area contributed by atoms with Gasteiger partial charge in [0.05, 0.1) is 53.1 Å². The van der Waals surface area contributed by atoms with Gasteiger partial charge in [0.25, 0.3) is 5.91 Å². The number of urea groups is 1. The van der Waals surface area contributed by atoms with Gasteiger partial charge >= 0.3 is 12.2 Å². The van der Waals surface area contributed by atoms with Gasteiger partial charge in [0.2, 0.25) is 5.91 Å². The van der Waals surface area contributed by atoms with Crippen LogP contribution in [-0.4, -0.2) is 75.7 Å². The van der Waals surface area contributed by atoms with E-state index in [-0.39, 0.29) is 23.1 Å². The van der Waals surface area contributed by atoms with Gasteiger partial charge in [-0.3, -0.25) is 29.7 Å². The number of benzene rings is 2. The number of hydrogen-bond donors (Lipinski definition) is 1. The number of aromatic nitrogens is 2. The van der Waals surface area contributed by atoms with Crippen LogP contribution in [0.2, 0.25) is 0 Å². The number of hydrogen-bond acceptors (Lipinski definition) is 8. The second-order valence-corrected chi connectivity index (χ2v) is 14.4. The highest BCUT2D eigenvalue weighted by Crippen LogP contribution is 2.40. The van der Waals surface area contributed by atoms with Gasteiger partial charge in [-0.2, -0.15) is 18.4 Å². The highest BCUT2D eigenvalue weighted by Gasteiger charge is 2.50. The number of nitrogens with one attached hydrogen (secondary N) is 1. The summed E-state index contributed by atoms with van der Waals surface area (Å²) in [4.78, 5) is 48.7. The van der Waals surface area contributed by atoms with Crippen molar-refractivity contribution in [2.75, 3.05) is 47.5 Å². The van der Waals surface area contributed by atoms with Crippen molar-refractivity contribution >= 4 is 63.1 Å². The Morgan fingerprint density at radius 2 is 1.74 bits per heavy atom. The summed E-state index contributed by atoms with van der Waals surface area (Å²) in [5.74, 6) is -0.139. The van der Waals surface area contributed by atoms with Gasteiger partial charge in [-0.1, -0.05) is 0 Å². The molecule has 5 heterocycles. The molecule has 12 nitrogen and oxygen atoms in total. The van der Waals surface area contributed by atoms with Gasteiger partial charge in [0, 0.05) is 55.9 Å². The average molecular weight is 759 g/mol. The maximum Gasteiger partial charge on any atom is 0.417 e. The molecule has 3 aliphatic heterocycles. The third-order valence-corrected chi connectivity index (χ3v) is 10.6. The van der Waals surface area contributed by atoms with E-state index in [4.69, 9.17) is 17.0 Å². The van der Waals surface area contributed by atoms with E-state index in [9.17, 15) is 32.8 Å². The maximum atomic E-state index is 13.7. The monoisotopic (exact) mass is 758 g/mol. The lowest BCUT2D eigenvalue weighted by Gasteiger charge is -2.33. The van der Waals surface area contributed by atoms with Crippen LogP contribution in [0.3, 0.4) is 0 Å².